The van der Waals surface area contributed by atoms with E-state index in [0.29, 0.717) is 17.4 Å². The van der Waals surface area contributed by atoms with Gasteiger partial charge in [0, 0.05) is 4.47 Å². The SMILES string of the molecule is CC(C)CNC(C)c1nnnn1-c1cc(Br)ccc1F. The molecule has 1 aromatic heterocycles. The van der Waals surface area contributed by atoms with Crippen molar-refractivity contribution in [2.75, 3.05) is 6.54 Å². The molecule has 0 aliphatic carbocycles. The summed E-state index contributed by atoms with van der Waals surface area (Å²) in [6.07, 6.45) is 0. The van der Waals surface area contributed by atoms with Gasteiger partial charge >= 0.3 is 0 Å². The summed E-state index contributed by atoms with van der Waals surface area (Å²) in [5.74, 6) is 0.741. The first-order valence-electron chi connectivity index (χ1n) is 6.46. The molecule has 7 heteroatoms. The number of halogens is 2. The van der Waals surface area contributed by atoms with Crippen LogP contribution in [0.3, 0.4) is 0 Å². The van der Waals surface area contributed by atoms with E-state index in [0.717, 1.165) is 11.0 Å². The zero-order chi connectivity index (χ0) is 14.7. The molecule has 0 aliphatic heterocycles. The van der Waals surface area contributed by atoms with Gasteiger partial charge in [-0.25, -0.2) is 4.39 Å². The Morgan fingerprint density at radius 1 is 1.35 bits per heavy atom. The van der Waals surface area contributed by atoms with Gasteiger partial charge in [0.1, 0.15) is 11.5 Å². The molecule has 1 heterocycles. The van der Waals surface area contributed by atoms with E-state index in [4.69, 9.17) is 0 Å². The molecule has 0 spiro atoms. The van der Waals surface area contributed by atoms with Crippen LogP contribution in [-0.2, 0) is 0 Å². The van der Waals surface area contributed by atoms with Gasteiger partial charge in [-0.2, -0.15) is 4.68 Å². The third kappa shape index (κ3) is 3.40. The van der Waals surface area contributed by atoms with Crippen LogP contribution >= 0.6 is 15.9 Å². The Bertz CT molecular complexity index is 584. The van der Waals surface area contributed by atoms with E-state index >= 15 is 0 Å². The minimum atomic E-state index is -0.363. The lowest BCUT2D eigenvalue weighted by Crippen LogP contribution is -2.26. The number of aromatic nitrogens is 4. The maximum absolute atomic E-state index is 13.9. The van der Waals surface area contributed by atoms with Gasteiger partial charge in [-0.1, -0.05) is 29.8 Å². The van der Waals surface area contributed by atoms with Gasteiger partial charge in [-0.3, -0.25) is 0 Å². The van der Waals surface area contributed by atoms with Crippen molar-refractivity contribution in [1.29, 1.82) is 0 Å². The Labute approximate surface area is 125 Å². The second-order valence-corrected chi connectivity index (χ2v) is 5.98. The average molecular weight is 342 g/mol. The largest absolute Gasteiger partial charge is 0.307 e. The zero-order valence-corrected chi connectivity index (χ0v) is 13.2. The standard InChI is InChI=1S/C13H17BrFN5/c1-8(2)7-16-9(3)13-17-18-19-20(13)12-6-10(14)4-5-11(12)15/h4-6,8-9,16H,7H2,1-3H3. The van der Waals surface area contributed by atoms with Crippen molar-refractivity contribution in [3.05, 3.63) is 34.3 Å². The molecule has 0 radical (unpaired) electrons. The van der Waals surface area contributed by atoms with Gasteiger partial charge < -0.3 is 5.32 Å². The monoisotopic (exact) mass is 341 g/mol. The number of nitrogens with one attached hydrogen (secondary N) is 1. The molecule has 1 atom stereocenters. The van der Waals surface area contributed by atoms with E-state index in [2.05, 4.69) is 50.6 Å². The first-order valence-corrected chi connectivity index (χ1v) is 7.25. The Morgan fingerprint density at radius 3 is 2.80 bits per heavy atom. The van der Waals surface area contributed by atoms with Gasteiger partial charge in [-0.15, -0.1) is 5.10 Å². The smallest absolute Gasteiger partial charge is 0.173 e. The van der Waals surface area contributed by atoms with Crippen molar-refractivity contribution >= 4 is 15.9 Å². The van der Waals surface area contributed by atoms with Crippen LogP contribution in [-0.4, -0.2) is 26.8 Å². The fraction of sp³-hybridized carbons (Fsp3) is 0.462. The fourth-order valence-corrected chi connectivity index (χ4v) is 2.14. The molecule has 0 aliphatic rings. The lowest BCUT2D eigenvalue weighted by molar-refractivity contribution is 0.473. The van der Waals surface area contributed by atoms with Crippen LogP contribution in [0.1, 0.15) is 32.6 Å². The Morgan fingerprint density at radius 2 is 2.10 bits per heavy atom. The van der Waals surface area contributed by atoms with Crippen LogP contribution in [0.4, 0.5) is 4.39 Å². The van der Waals surface area contributed by atoms with E-state index in [1.807, 2.05) is 6.92 Å². The van der Waals surface area contributed by atoms with E-state index in [1.54, 1.807) is 12.1 Å². The van der Waals surface area contributed by atoms with E-state index in [1.165, 1.54) is 10.7 Å². The maximum atomic E-state index is 13.9. The first-order chi connectivity index (χ1) is 9.49. The zero-order valence-electron chi connectivity index (χ0n) is 11.6. The summed E-state index contributed by atoms with van der Waals surface area (Å²) in [4.78, 5) is 0. The van der Waals surface area contributed by atoms with Crippen molar-refractivity contribution < 1.29 is 4.39 Å². The first kappa shape index (κ1) is 15.1. The van der Waals surface area contributed by atoms with Crippen molar-refractivity contribution in [3.8, 4) is 5.69 Å². The third-order valence-corrected chi connectivity index (χ3v) is 3.34. The lowest BCUT2D eigenvalue weighted by Gasteiger charge is -2.15. The quantitative estimate of drug-likeness (QED) is 0.908. The topological polar surface area (TPSA) is 55.6 Å². The molecule has 1 aromatic carbocycles. The van der Waals surface area contributed by atoms with Crippen molar-refractivity contribution in [3.63, 3.8) is 0 Å². The molecule has 2 aromatic rings. The van der Waals surface area contributed by atoms with Crippen LogP contribution in [0.5, 0.6) is 0 Å². The van der Waals surface area contributed by atoms with Crippen LogP contribution in [0.25, 0.3) is 5.69 Å². The highest BCUT2D eigenvalue weighted by atomic mass is 79.9. The summed E-state index contributed by atoms with van der Waals surface area (Å²) < 4.78 is 16.1. The highest BCUT2D eigenvalue weighted by Crippen LogP contribution is 2.21. The number of hydrogen-bond acceptors (Lipinski definition) is 4. The molecule has 0 bridgehead atoms. The second-order valence-electron chi connectivity index (χ2n) is 5.07. The summed E-state index contributed by atoms with van der Waals surface area (Å²) in [6.45, 7) is 7.04. The summed E-state index contributed by atoms with van der Waals surface area (Å²) in [7, 11) is 0. The summed E-state index contributed by atoms with van der Waals surface area (Å²) in [6, 6.07) is 4.62. The van der Waals surface area contributed by atoms with Crippen molar-refractivity contribution in [2.45, 2.75) is 26.8 Å². The molecule has 0 fully saturated rings. The highest BCUT2D eigenvalue weighted by molar-refractivity contribution is 9.10. The molecule has 1 unspecified atom stereocenters. The average Bonchev–Trinajstić information content (AvgIpc) is 2.88. The number of nitrogens with zero attached hydrogens (tertiary/aromatic N) is 4. The van der Waals surface area contributed by atoms with Crippen LogP contribution < -0.4 is 5.32 Å². The third-order valence-electron chi connectivity index (χ3n) is 2.85. The molecule has 20 heavy (non-hydrogen) atoms. The molecular formula is C13H17BrFN5. The van der Waals surface area contributed by atoms with Gasteiger partial charge in [0.25, 0.3) is 0 Å². The second kappa shape index (κ2) is 6.41. The number of hydrogen-bond donors (Lipinski definition) is 1. The van der Waals surface area contributed by atoms with Gasteiger partial charge in [0.15, 0.2) is 5.82 Å². The van der Waals surface area contributed by atoms with E-state index < -0.39 is 0 Å². The van der Waals surface area contributed by atoms with Crippen molar-refractivity contribution in [1.82, 2.24) is 25.5 Å². The Balaban J connectivity index is 2.30. The van der Waals surface area contributed by atoms with E-state index in [-0.39, 0.29) is 11.9 Å². The maximum Gasteiger partial charge on any atom is 0.173 e. The Kier molecular flexibility index (Phi) is 4.82. The molecular weight excluding hydrogens is 325 g/mol. The lowest BCUT2D eigenvalue weighted by atomic mass is 10.2. The molecule has 0 amide bonds. The number of tetrazole rings is 1. The van der Waals surface area contributed by atoms with Crippen LogP contribution in [0.15, 0.2) is 22.7 Å². The van der Waals surface area contributed by atoms with Gasteiger partial charge in [0.05, 0.1) is 6.04 Å². The van der Waals surface area contributed by atoms with Gasteiger partial charge in [0.2, 0.25) is 0 Å². The normalized spacial score (nSPS) is 12.9. The summed E-state index contributed by atoms with van der Waals surface area (Å²) >= 11 is 3.33. The Hall–Kier alpha value is -1.34. The van der Waals surface area contributed by atoms with Crippen LogP contribution in [0.2, 0.25) is 0 Å². The summed E-state index contributed by atoms with van der Waals surface area (Å²) in [5, 5.41) is 14.9. The molecule has 2 rings (SSSR count). The number of rotatable bonds is 5. The minimum Gasteiger partial charge on any atom is -0.307 e. The fourth-order valence-electron chi connectivity index (χ4n) is 1.79. The molecule has 5 nitrogen and oxygen atoms in total. The molecule has 1 N–H and O–H groups in total. The molecule has 108 valence electrons. The van der Waals surface area contributed by atoms with Crippen LogP contribution in [0, 0.1) is 11.7 Å². The highest BCUT2D eigenvalue weighted by Gasteiger charge is 2.18. The molecule has 0 saturated carbocycles. The van der Waals surface area contributed by atoms with Gasteiger partial charge in [-0.05, 0) is 48.0 Å². The predicted molar refractivity (Wildman–Crippen MR) is 78.1 cm³/mol. The summed E-state index contributed by atoms with van der Waals surface area (Å²) in [5.41, 5.74) is 0.331. The molecule has 0 saturated heterocycles. The predicted octanol–water partition coefficient (Wildman–Crippen LogP) is 2.87. The van der Waals surface area contributed by atoms with Crippen molar-refractivity contribution in [2.24, 2.45) is 5.92 Å². The van der Waals surface area contributed by atoms with E-state index in [9.17, 15) is 4.39 Å². The number of benzene rings is 1. The minimum absolute atomic E-state index is 0.0641.